The fourth-order valence-corrected chi connectivity index (χ4v) is 3.45. The van der Waals surface area contributed by atoms with Crippen molar-refractivity contribution in [3.05, 3.63) is 101 Å². The van der Waals surface area contributed by atoms with E-state index >= 15 is 0 Å². The highest BCUT2D eigenvalue weighted by molar-refractivity contribution is 6.30. The minimum Gasteiger partial charge on any atom is -0.267 e. The first kappa shape index (κ1) is 20.8. The predicted molar refractivity (Wildman–Crippen MR) is 128 cm³/mol. The van der Waals surface area contributed by atoms with Crippen LogP contribution in [0, 0.1) is 0 Å². The molecule has 1 N–H and O–H groups in total. The molecular formula is C26H22ClN3O. The number of benzene rings is 3. The third-order valence-corrected chi connectivity index (χ3v) is 5.34. The van der Waals surface area contributed by atoms with Crippen molar-refractivity contribution in [2.75, 3.05) is 0 Å². The molecule has 0 fully saturated rings. The lowest BCUT2D eigenvalue weighted by molar-refractivity contribution is 0.0956. The van der Waals surface area contributed by atoms with Crippen LogP contribution in [-0.4, -0.2) is 17.1 Å². The van der Waals surface area contributed by atoms with Gasteiger partial charge in [-0.15, -0.1) is 0 Å². The number of carbonyl (C=O) groups excluding carboxylic acids is 1. The summed E-state index contributed by atoms with van der Waals surface area (Å²) in [7, 11) is 0. The number of halogens is 1. The van der Waals surface area contributed by atoms with Crippen molar-refractivity contribution in [3.63, 3.8) is 0 Å². The van der Waals surface area contributed by atoms with Gasteiger partial charge >= 0.3 is 0 Å². The predicted octanol–water partition coefficient (Wildman–Crippen LogP) is 6.44. The molecule has 0 aliphatic rings. The van der Waals surface area contributed by atoms with Gasteiger partial charge in [-0.2, -0.15) is 5.10 Å². The second-order valence-corrected chi connectivity index (χ2v) is 8.04. The van der Waals surface area contributed by atoms with Crippen LogP contribution < -0.4 is 5.43 Å². The Hall–Kier alpha value is -3.50. The van der Waals surface area contributed by atoms with E-state index in [0.717, 1.165) is 22.0 Å². The van der Waals surface area contributed by atoms with Gasteiger partial charge in [-0.25, -0.2) is 10.4 Å². The monoisotopic (exact) mass is 427 g/mol. The Balaban J connectivity index is 1.61. The second-order valence-electron chi connectivity index (χ2n) is 7.60. The molecule has 1 aromatic heterocycles. The number of hydrogen-bond acceptors (Lipinski definition) is 3. The molecule has 4 aromatic rings. The Bertz CT molecular complexity index is 1250. The number of hydrazone groups is 1. The summed E-state index contributed by atoms with van der Waals surface area (Å²) in [6.07, 6.45) is 1.64. The van der Waals surface area contributed by atoms with Gasteiger partial charge in [0.1, 0.15) is 0 Å². The molecule has 0 radical (unpaired) electrons. The molecule has 0 saturated carbocycles. The fourth-order valence-electron chi connectivity index (χ4n) is 3.32. The van der Waals surface area contributed by atoms with Crippen LogP contribution in [0.4, 0.5) is 0 Å². The SMILES string of the molecule is CC(C)c1ccc(/C=N/NC(=O)c2cc(-c3ccc(Cl)cc3)nc3ccccc23)cc1. The number of amides is 1. The Morgan fingerprint density at radius 3 is 2.42 bits per heavy atom. The summed E-state index contributed by atoms with van der Waals surface area (Å²) in [5.41, 5.74) is 7.68. The molecule has 5 heteroatoms. The van der Waals surface area contributed by atoms with E-state index in [0.29, 0.717) is 22.2 Å². The molecule has 0 atom stereocenters. The Labute approximate surface area is 186 Å². The lowest BCUT2D eigenvalue weighted by Crippen LogP contribution is -2.18. The molecule has 4 nitrogen and oxygen atoms in total. The minimum absolute atomic E-state index is 0.288. The topological polar surface area (TPSA) is 54.4 Å². The number of rotatable bonds is 5. The molecule has 0 aliphatic heterocycles. The molecule has 1 heterocycles. The number of nitrogens with one attached hydrogen (secondary N) is 1. The van der Waals surface area contributed by atoms with E-state index < -0.39 is 0 Å². The van der Waals surface area contributed by atoms with Crippen LogP contribution in [0.25, 0.3) is 22.2 Å². The first-order chi connectivity index (χ1) is 15.0. The molecular weight excluding hydrogens is 406 g/mol. The van der Waals surface area contributed by atoms with E-state index in [4.69, 9.17) is 16.6 Å². The molecule has 4 rings (SSSR count). The molecule has 3 aromatic carbocycles. The Morgan fingerprint density at radius 1 is 1.00 bits per heavy atom. The maximum Gasteiger partial charge on any atom is 0.272 e. The molecule has 1 amide bonds. The van der Waals surface area contributed by atoms with Crippen LogP contribution in [0.2, 0.25) is 5.02 Å². The molecule has 0 aliphatic carbocycles. The average Bonchev–Trinajstić information content (AvgIpc) is 2.79. The number of nitrogens with zero attached hydrogens (tertiary/aromatic N) is 2. The quantitative estimate of drug-likeness (QED) is 0.294. The van der Waals surface area contributed by atoms with Gasteiger partial charge in [0.15, 0.2) is 0 Å². The van der Waals surface area contributed by atoms with E-state index in [1.807, 2.05) is 60.7 Å². The summed E-state index contributed by atoms with van der Waals surface area (Å²) < 4.78 is 0. The highest BCUT2D eigenvalue weighted by Gasteiger charge is 2.13. The van der Waals surface area contributed by atoms with Crippen LogP contribution in [0.5, 0.6) is 0 Å². The van der Waals surface area contributed by atoms with Crippen molar-refractivity contribution in [3.8, 4) is 11.3 Å². The van der Waals surface area contributed by atoms with Gasteiger partial charge < -0.3 is 0 Å². The molecule has 0 spiro atoms. The first-order valence-electron chi connectivity index (χ1n) is 10.1. The van der Waals surface area contributed by atoms with Crippen LogP contribution in [-0.2, 0) is 0 Å². The summed E-state index contributed by atoms with van der Waals surface area (Å²) in [6.45, 7) is 4.31. The minimum atomic E-state index is -0.288. The summed E-state index contributed by atoms with van der Waals surface area (Å²) in [5, 5.41) is 5.57. The van der Waals surface area contributed by atoms with E-state index in [2.05, 4.69) is 36.5 Å². The van der Waals surface area contributed by atoms with Gasteiger partial charge in [0.25, 0.3) is 5.91 Å². The molecule has 0 saturated heterocycles. The number of aromatic nitrogens is 1. The van der Waals surface area contributed by atoms with Crippen LogP contribution in [0.15, 0.2) is 84.0 Å². The first-order valence-corrected chi connectivity index (χ1v) is 10.5. The zero-order valence-corrected chi connectivity index (χ0v) is 18.1. The maximum atomic E-state index is 13.0. The molecule has 154 valence electrons. The third kappa shape index (κ3) is 4.81. The van der Waals surface area contributed by atoms with Gasteiger partial charge in [-0.1, -0.05) is 80.0 Å². The van der Waals surface area contributed by atoms with Crippen molar-refractivity contribution in [1.29, 1.82) is 0 Å². The number of para-hydroxylation sites is 1. The third-order valence-electron chi connectivity index (χ3n) is 5.08. The number of carbonyl (C=O) groups is 1. The van der Waals surface area contributed by atoms with Gasteiger partial charge in [-0.05, 0) is 41.3 Å². The van der Waals surface area contributed by atoms with Gasteiger partial charge in [0.2, 0.25) is 0 Å². The molecule has 0 unspecified atom stereocenters. The zero-order valence-electron chi connectivity index (χ0n) is 17.3. The lowest BCUT2D eigenvalue weighted by Gasteiger charge is -2.09. The van der Waals surface area contributed by atoms with Gasteiger partial charge in [0.05, 0.1) is 23.0 Å². The van der Waals surface area contributed by atoms with Crippen LogP contribution >= 0.6 is 11.6 Å². The summed E-state index contributed by atoms with van der Waals surface area (Å²) in [5.74, 6) is 0.185. The summed E-state index contributed by atoms with van der Waals surface area (Å²) in [6, 6.07) is 24.9. The van der Waals surface area contributed by atoms with E-state index in [9.17, 15) is 4.79 Å². The number of fused-ring (bicyclic) bond motifs is 1. The van der Waals surface area contributed by atoms with E-state index in [1.54, 1.807) is 12.3 Å². The van der Waals surface area contributed by atoms with Crippen LogP contribution in [0.1, 0.15) is 41.3 Å². The van der Waals surface area contributed by atoms with Gasteiger partial charge in [0, 0.05) is 16.0 Å². The van der Waals surface area contributed by atoms with Crippen molar-refractivity contribution >= 4 is 34.6 Å². The standard InChI is InChI=1S/C26H22ClN3O/c1-17(2)19-9-7-18(8-10-19)16-28-30-26(31)23-15-25(20-11-13-21(27)14-12-20)29-24-6-4-3-5-22(23)24/h3-17H,1-2H3,(H,30,31)/b28-16+. The Morgan fingerprint density at radius 2 is 1.71 bits per heavy atom. The van der Waals surface area contributed by atoms with Crippen molar-refractivity contribution in [2.24, 2.45) is 5.10 Å². The van der Waals surface area contributed by atoms with E-state index in [-0.39, 0.29) is 5.91 Å². The van der Waals surface area contributed by atoms with Crippen molar-refractivity contribution in [2.45, 2.75) is 19.8 Å². The van der Waals surface area contributed by atoms with Crippen molar-refractivity contribution in [1.82, 2.24) is 10.4 Å². The fraction of sp³-hybridized carbons (Fsp3) is 0.115. The Kier molecular flexibility index (Phi) is 6.10. The average molecular weight is 428 g/mol. The highest BCUT2D eigenvalue weighted by atomic mass is 35.5. The normalized spacial score (nSPS) is 11.4. The largest absolute Gasteiger partial charge is 0.272 e. The number of hydrogen-bond donors (Lipinski definition) is 1. The smallest absolute Gasteiger partial charge is 0.267 e. The molecule has 0 bridgehead atoms. The summed E-state index contributed by atoms with van der Waals surface area (Å²) in [4.78, 5) is 17.7. The second kappa shape index (κ2) is 9.11. The van der Waals surface area contributed by atoms with E-state index in [1.165, 1.54) is 5.56 Å². The zero-order chi connectivity index (χ0) is 21.8. The van der Waals surface area contributed by atoms with Gasteiger partial charge in [-0.3, -0.25) is 4.79 Å². The number of pyridine rings is 1. The lowest BCUT2D eigenvalue weighted by atomic mass is 10.0. The highest BCUT2D eigenvalue weighted by Crippen LogP contribution is 2.26. The van der Waals surface area contributed by atoms with Crippen molar-refractivity contribution < 1.29 is 4.79 Å². The maximum absolute atomic E-state index is 13.0. The summed E-state index contributed by atoms with van der Waals surface area (Å²) >= 11 is 6.01. The molecule has 31 heavy (non-hydrogen) atoms. The van der Waals surface area contributed by atoms with Crippen LogP contribution in [0.3, 0.4) is 0 Å².